The largest absolute Gasteiger partial charge is 0.303 e. The predicted molar refractivity (Wildman–Crippen MR) is 143 cm³/mol. The van der Waals surface area contributed by atoms with E-state index in [4.69, 9.17) is 0 Å². The van der Waals surface area contributed by atoms with Crippen LogP contribution in [0.3, 0.4) is 0 Å². The number of hydrogen-bond donors (Lipinski definition) is 0. The third-order valence-corrected chi connectivity index (χ3v) is 6.61. The molecule has 0 N–H and O–H groups in total. The Hall–Kier alpha value is -0.0800. The molecule has 0 amide bonds. The molecule has 0 heterocycles. The van der Waals surface area contributed by atoms with E-state index >= 15 is 0 Å². The van der Waals surface area contributed by atoms with Crippen molar-refractivity contribution in [3.05, 3.63) is 0 Å². The molecule has 0 aromatic heterocycles. The first-order valence-electron chi connectivity index (χ1n) is 14.7. The first kappa shape index (κ1) is 30.9. The van der Waals surface area contributed by atoms with Gasteiger partial charge in [0.1, 0.15) is 0 Å². The van der Waals surface area contributed by atoms with Gasteiger partial charge in [-0.2, -0.15) is 0 Å². The molecule has 2 heteroatoms. The van der Waals surface area contributed by atoms with Crippen molar-refractivity contribution in [2.45, 2.75) is 150 Å². The first-order chi connectivity index (χ1) is 15.3. The summed E-state index contributed by atoms with van der Waals surface area (Å²) in [5.74, 6) is 0. The topological polar surface area (TPSA) is 6.48 Å². The van der Waals surface area contributed by atoms with Crippen LogP contribution in [0.5, 0.6) is 0 Å². The Kier molecular flexibility index (Phi) is 26.1. The monoisotopic (exact) mass is 438 g/mol. The lowest BCUT2D eigenvalue weighted by atomic mass is 10.0. The van der Waals surface area contributed by atoms with Gasteiger partial charge in [-0.25, -0.2) is 0 Å². The lowest BCUT2D eigenvalue weighted by Crippen LogP contribution is -2.26. The van der Waals surface area contributed by atoms with Crippen LogP contribution >= 0.6 is 0 Å². The molecular formula is C29H62N2. The number of nitrogens with zero attached hydrogens (tertiary/aromatic N) is 2. The number of rotatable bonds is 26. The average molecular weight is 439 g/mol. The van der Waals surface area contributed by atoms with Crippen LogP contribution in [-0.2, 0) is 0 Å². The quantitative estimate of drug-likeness (QED) is 0.124. The maximum absolute atomic E-state index is 2.66. The van der Waals surface area contributed by atoms with E-state index in [1.54, 1.807) is 0 Å². The molecule has 0 saturated heterocycles. The van der Waals surface area contributed by atoms with E-state index in [2.05, 4.69) is 37.5 Å². The molecule has 0 atom stereocenters. The minimum atomic E-state index is 1.30. The molecule has 31 heavy (non-hydrogen) atoms. The molecule has 0 spiro atoms. The van der Waals surface area contributed by atoms with Gasteiger partial charge in [-0.1, -0.05) is 111 Å². The van der Waals surface area contributed by atoms with Gasteiger partial charge in [-0.15, -0.1) is 0 Å². The fourth-order valence-corrected chi connectivity index (χ4v) is 4.90. The second-order valence-corrected chi connectivity index (χ2v) is 9.99. The second kappa shape index (κ2) is 26.2. The standard InChI is InChI=1S/C29H62N2/c1-5-24-30(25-6-2)28-22-20-18-16-14-12-10-9-11-13-15-17-19-21-23-29-31(26-7-3)27-8-4/h5-29H2,1-4H3. The molecule has 0 radical (unpaired) electrons. The van der Waals surface area contributed by atoms with Crippen molar-refractivity contribution >= 4 is 0 Å². The predicted octanol–water partition coefficient (Wildman–Crippen LogP) is 9.08. The lowest BCUT2D eigenvalue weighted by Gasteiger charge is -2.20. The van der Waals surface area contributed by atoms with Crippen molar-refractivity contribution in [2.75, 3.05) is 39.3 Å². The van der Waals surface area contributed by atoms with Gasteiger partial charge < -0.3 is 9.80 Å². The molecule has 2 nitrogen and oxygen atoms in total. The summed E-state index contributed by atoms with van der Waals surface area (Å²) in [6.45, 7) is 17.1. The van der Waals surface area contributed by atoms with Crippen molar-refractivity contribution in [3.8, 4) is 0 Å². The van der Waals surface area contributed by atoms with E-state index in [1.807, 2.05) is 0 Å². The summed E-state index contributed by atoms with van der Waals surface area (Å²) >= 11 is 0. The molecular weight excluding hydrogens is 376 g/mol. The van der Waals surface area contributed by atoms with Gasteiger partial charge in [-0.05, 0) is 77.8 Å². The highest BCUT2D eigenvalue weighted by Gasteiger charge is 2.02. The minimum Gasteiger partial charge on any atom is -0.303 e. The molecule has 0 bridgehead atoms. The van der Waals surface area contributed by atoms with Gasteiger partial charge in [0.05, 0.1) is 0 Å². The van der Waals surface area contributed by atoms with Gasteiger partial charge in [0.25, 0.3) is 0 Å². The summed E-state index contributed by atoms with van der Waals surface area (Å²) in [6.07, 6.45) is 27.1. The highest BCUT2D eigenvalue weighted by molar-refractivity contribution is 4.58. The van der Waals surface area contributed by atoms with Crippen LogP contribution in [0, 0.1) is 0 Å². The summed E-state index contributed by atoms with van der Waals surface area (Å²) in [6, 6.07) is 0. The Balaban J connectivity index is 3.24. The molecule has 0 unspecified atom stereocenters. The number of hydrogen-bond acceptors (Lipinski definition) is 2. The molecule has 0 fully saturated rings. The Morgan fingerprint density at radius 2 is 0.452 bits per heavy atom. The SMILES string of the molecule is CCCN(CCC)CCCCCCCCCCCCCCCCCN(CCC)CCC. The fraction of sp³-hybridized carbons (Fsp3) is 1.00. The van der Waals surface area contributed by atoms with Crippen molar-refractivity contribution < 1.29 is 0 Å². The van der Waals surface area contributed by atoms with Crippen molar-refractivity contribution in [3.63, 3.8) is 0 Å². The third-order valence-electron chi connectivity index (χ3n) is 6.61. The fourth-order valence-electron chi connectivity index (χ4n) is 4.90. The highest BCUT2D eigenvalue weighted by atomic mass is 15.1. The zero-order valence-corrected chi connectivity index (χ0v) is 22.6. The summed E-state index contributed by atoms with van der Waals surface area (Å²) < 4.78 is 0. The molecule has 0 rings (SSSR count). The lowest BCUT2D eigenvalue weighted by molar-refractivity contribution is 0.267. The zero-order valence-electron chi connectivity index (χ0n) is 22.6. The second-order valence-electron chi connectivity index (χ2n) is 9.99. The van der Waals surface area contributed by atoms with E-state index in [9.17, 15) is 0 Å². The summed E-state index contributed by atoms with van der Waals surface area (Å²) in [4.78, 5) is 5.32. The van der Waals surface area contributed by atoms with E-state index in [0.29, 0.717) is 0 Å². The Morgan fingerprint density at radius 1 is 0.258 bits per heavy atom. The van der Waals surface area contributed by atoms with Crippen LogP contribution in [0.25, 0.3) is 0 Å². The average Bonchev–Trinajstić information content (AvgIpc) is 2.76. The highest BCUT2D eigenvalue weighted by Crippen LogP contribution is 2.14. The summed E-state index contributed by atoms with van der Waals surface area (Å²) in [7, 11) is 0. The van der Waals surface area contributed by atoms with Crippen LogP contribution in [0.15, 0.2) is 0 Å². The van der Waals surface area contributed by atoms with Crippen LogP contribution in [0.1, 0.15) is 150 Å². The van der Waals surface area contributed by atoms with Gasteiger partial charge in [-0.3, -0.25) is 0 Å². The number of unbranched alkanes of at least 4 members (excludes halogenated alkanes) is 14. The molecule has 0 aliphatic rings. The molecule has 0 saturated carbocycles. The first-order valence-corrected chi connectivity index (χ1v) is 14.7. The van der Waals surface area contributed by atoms with Gasteiger partial charge in [0, 0.05) is 0 Å². The Morgan fingerprint density at radius 3 is 0.645 bits per heavy atom. The van der Waals surface area contributed by atoms with E-state index in [-0.39, 0.29) is 0 Å². The van der Waals surface area contributed by atoms with E-state index in [1.165, 1.54) is 161 Å². The molecule has 188 valence electrons. The van der Waals surface area contributed by atoms with Crippen molar-refractivity contribution in [2.24, 2.45) is 0 Å². The minimum absolute atomic E-state index is 1.30. The summed E-state index contributed by atoms with van der Waals surface area (Å²) in [5, 5.41) is 0. The maximum Gasteiger partial charge on any atom is -0.00187 e. The van der Waals surface area contributed by atoms with Crippen LogP contribution < -0.4 is 0 Å². The van der Waals surface area contributed by atoms with Crippen LogP contribution in [0.2, 0.25) is 0 Å². The smallest absolute Gasteiger partial charge is 0.00187 e. The van der Waals surface area contributed by atoms with E-state index < -0.39 is 0 Å². The van der Waals surface area contributed by atoms with E-state index in [0.717, 1.165) is 0 Å². The van der Waals surface area contributed by atoms with Gasteiger partial charge >= 0.3 is 0 Å². The van der Waals surface area contributed by atoms with Crippen LogP contribution in [-0.4, -0.2) is 49.1 Å². The Bertz CT molecular complexity index is 276. The van der Waals surface area contributed by atoms with Crippen LogP contribution in [0.4, 0.5) is 0 Å². The summed E-state index contributed by atoms with van der Waals surface area (Å²) in [5.41, 5.74) is 0. The normalized spacial score (nSPS) is 11.8. The zero-order chi connectivity index (χ0) is 22.8. The molecule has 0 aromatic carbocycles. The van der Waals surface area contributed by atoms with Crippen molar-refractivity contribution in [1.29, 1.82) is 0 Å². The molecule has 0 aliphatic heterocycles. The maximum atomic E-state index is 2.66. The van der Waals surface area contributed by atoms with Gasteiger partial charge in [0.2, 0.25) is 0 Å². The molecule has 0 aliphatic carbocycles. The third kappa shape index (κ3) is 22.9. The van der Waals surface area contributed by atoms with Gasteiger partial charge in [0.15, 0.2) is 0 Å². The molecule has 0 aromatic rings. The Labute approximate surface area is 198 Å². The van der Waals surface area contributed by atoms with Crippen molar-refractivity contribution in [1.82, 2.24) is 9.80 Å².